The molecule has 0 aromatic heterocycles. The Morgan fingerprint density at radius 1 is 1.14 bits per heavy atom. The standard InChI is InChI=1S/C26H46O2/c1-10-11-24(6,7)23-20(22-19-14-17(4)21(19)22)15-25(8,16(2)3)12-13-26(23,9)28-18(5)27/h16-17,19-23H,10-15H2,1-9H3. The van der Waals surface area contributed by atoms with Crippen LogP contribution in [0, 0.1) is 52.3 Å². The highest BCUT2D eigenvalue weighted by molar-refractivity contribution is 5.66. The Bertz CT molecular complexity index is 593. The fraction of sp³-hybridized carbons (Fsp3) is 0.962. The maximum Gasteiger partial charge on any atom is 0.303 e. The minimum absolute atomic E-state index is 0.0983. The first-order valence-corrected chi connectivity index (χ1v) is 12.1. The molecule has 2 heteroatoms. The topological polar surface area (TPSA) is 26.3 Å². The fourth-order valence-corrected chi connectivity index (χ4v) is 7.97. The van der Waals surface area contributed by atoms with E-state index in [1.807, 2.05) is 0 Å². The smallest absolute Gasteiger partial charge is 0.303 e. The molecular weight excluding hydrogens is 344 g/mol. The van der Waals surface area contributed by atoms with E-state index >= 15 is 0 Å². The molecule has 0 radical (unpaired) electrons. The number of carbonyl (C=O) groups is 1. The van der Waals surface area contributed by atoms with Gasteiger partial charge in [-0.2, -0.15) is 0 Å². The Morgan fingerprint density at radius 3 is 2.21 bits per heavy atom. The summed E-state index contributed by atoms with van der Waals surface area (Å²) in [6.07, 6.45) is 7.32. The SMILES string of the molecule is CCCC(C)(C)C1C(C2C3CC(C)C32)CC(C)(C(C)C)CCC1(C)OC(C)=O. The van der Waals surface area contributed by atoms with Crippen molar-refractivity contribution in [1.82, 2.24) is 0 Å². The summed E-state index contributed by atoms with van der Waals surface area (Å²) >= 11 is 0. The minimum atomic E-state index is -0.340. The molecule has 28 heavy (non-hydrogen) atoms. The van der Waals surface area contributed by atoms with Crippen LogP contribution in [0.4, 0.5) is 0 Å². The van der Waals surface area contributed by atoms with Crippen LogP contribution in [0.1, 0.15) is 101 Å². The predicted molar refractivity (Wildman–Crippen MR) is 117 cm³/mol. The zero-order valence-corrected chi connectivity index (χ0v) is 20.1. The number of rotatable bonds is 6. The largest absolute Gasteiger partial charge is 0.459 e. The lowest BCUT2D eigenvalue weighted by molar-refractivity contribution is -0.173. The van der Waals surface area contributed by atoms with Crippen LogP contribution in [0.3, 0.4) is 0 Å². The van der Waals surface area contributed by atoms with Crippen LogP contribution in [0.15, 0.2) is 0 Å². The molecule has 3 rings (SSSR count). The van der Waals surface area contributed by atoms with Gasteiger partial charge in [0.1, 0.15) is 5.60 Å². The average Bonchev–Trinajstić information content (AvgIpc) is 3.18. The van der Waals surface area contributed by atoms with Crippen LogP contribution < -0.4 is 0 Å². The molecule has 2 nitrogen and oxygen atoms in total. The molecule has 0 amide bonds. The average molecular weight is 391 g/mol. The Morgan fingerprint density at radius 2 is 1.79 bits per heavy atom. The first kappa shape index (κ1) is 22.2. The predicted octanol–water partition coefficient (Wildman–Crippen LogP) is 7.12. The second kappa shape index (κ2) is 7.31. The number of ether oxygens (including phenoxy) is 1. The first-order valence-electron chi connectivity index (χ1n) is 12.1. The van der Waals surface area contributed by atoms with Crippen LogP contribution in [0.5, 0.6) is 0 Å². The third-order valence-electron chi connectivity index (χ3n) is 9.58. The third-order valence-corrected chi connectivity index (χ3v) is 9.58. The van der Waals surface area contributed by atoms with Crippen molar-refractivity contribution in [3.05, 3.63) is 0 Å². The van der Waals surface area contributed by atoms with Crippen molar-refractivity contribution < 1.29 is 9.53 Å². The molecular formula is C26H46O2. The molecule has 0 saturated heterocycles. The second-order valence-electron chi connectivity index (χ2n) is 12.3. The fourth-order valence-electron chi connectivity index (χ4n) is 7.97. The van der Waals surface area contributed by atoms with Gasteiger partial charge in [-0.15, -0.1) is 0 Å². The third kappa shape index (κ3) is 3.67. The summed E-state index contributed by atoms with van der Waals surface area (Å²) in [4.78, 5) is 12.2. The number of esters is 1. The quantitative estimate of drug-likeness (QED) is 0.356. The summed E-state index contributed by atoms with van der Waals surface area (Å²) in [6.45, 7) is 20.9. The number of hydrogen-bond donors (Lipinski definition) is 0. The summed E-state index contributed by atoms with van der Waals surface area (Å²) < 4.78 is 6.26. The van der Waals surface area contributed by atoms with E-state index in [9.17, 15) is 4.79 Å². The Labute approximate surface area is 174 Å². The summed E-state index contributed by atoms with van der Waals surface area (Å²) in [5, 5.41) is 0. The number of hydrogen-bond acceptors (Lipinski definition) is 2. The lowest BCUT2D eigenvalue weighted by atomic mass is 9.59. The summed E-state index contributed by atoms with van der Waals surface area (Å²) in [6, 6.07) is 0. The number of fused-ring (bicyclic) bond motifs is 1. The molecule has 3 aliphatic carbocycles. The highest BCUT2D eigenvalue weighted by Gasteiger charge is 2.68. The molecule has 0 aromatic carbocycles. The van der Waals surface area contributed by atoms with E-state index in [4.69, 9.17) is 4.74 Å². The van der Waals surface area contributed by atoms with Crippen molar-refractivity contribution >= 4 is 5.97 Å². The van der Waals surface area contributed by atoms with E-state index < -0.39 is 0 Å². The molecule has 0 N–H and O–H groups in total. The van der Waals surface area contributed by atoms with Gasteiger partial charge in [-0.3, -0.25) is 4.79 Å². The van der Waals surface area contributed by atoms with Crippen molar-refractivity contribution in [3.8, 4) is 0 Å². The van der Waals surface area contributed by atoms with Gasteiger partial charge in [0.2, 0.25) is 0 Å². The molecule has 0 aliphatic heterocycles. The van der Waals surface area contributed by atoms with E-state index in [0.29, 0.717) is 23.2 Å². The first-order chi connectivity index (χ1) is 12.9. The molecule has 0 aromatic rings. The normalized spacial score (nSPS) is 45.8. The van der Waals surface area contributed by atoms with Crippen LogP contribution in [0.2, 0.25) is 0 Å². The molecule has 3 saturated carbocycles. The highest BCUT2D eigenvalue weighted by Crippen LogP contribution is 2.72. The minimum Gasteiger partial charge on any atom is -0.459 e. The van der Waals surface area contributed by atoms with Gasteiger partial charge in [-0.05, 0) is 85.4 Å². The molecule has 0 heterocycles. The van der Waals surface area contributed by atoms with Gasteiger partial charge in [0, 0.05) is 12.8 Å². The molecule has 162 valence electrons. The van der Waals surface area contributed by atoms with Crippen molar-refractivity contribution in [2.75, 3.05) is 0 Å². The van der Waals surface area contributed by atoms with Crippen molar-refractivity contribution in [2.24, 2.45) is 52.3 Å². The summed E-state index contributed by atoms with van der Waals surface area (Å²) in [5.41, 5.74) is 0.193. The molecule has 3 aliphatic rings. The van der Waals surface area contributed by atoms with E-state index in [1.54, 1.807) is 6.92 Å². The van der Waals surface area contributed by atoms with Gasteiger partial charge in [0.15, 0.2) is 0 Å². The second-order valence-corrected chi connectivity index (χ2v) is 12.3. The Balaban J connectivity index is 2.06. The highest BCUT2D eigenvalue weighted by atomic mass is 16.6. The maximum absolute atomic E-state index is 12.2. The van der Waals surface area contributed by atoms with E-state index in [2.05, 4.69) is 55.4 Å². The zero-order valence-electron chi connectivity index (χ0n) is 20.1. The van der Waals surface area contributed by atoms with Crippen LogP contribution in [-0.2, 0) is 9.53 Å². The van der Waals surface area contributed by atoms with E-state index in [-0.39, 0.29) is 17.0 Å². The Kier molecular flexibility index (Phi) is 5.79. The Hall–Kier alpha value is -0.530. The lowest BCUT2D eigenvalue weighted by Crippen LogP contribution is -2.50. The maximum atomic E-state index is 12.2. The number of carbonyl (C=O) groups excluding carboxylic acids is 1. The van der Waals surface area contributed by atoms with Crippen LogP contribution >= 0.6 is 0 Å². The van der Waals surface area contributed by atoms with Crippen molar-refractivity contribution in [1.29, 1.82) is 0 Å². The van der Waals surface area contributed by atoms with E-state index in [1.165, 1.54) is 32.1 Å². The molecule has 8 atom stereocenters. The van der Waals surface area contributed by atoms with Gasteiger partial charge in [0.25, 0.3) is 0 Å². The molecule has 8 unspecified atom stereocenters. The summed E-state index contributed by atoms with van der Waals surface area (Å²) in [5.74, 6) is 5.36. The molecule has 0 bridgehead atoms. The summed E-state index contributed by atoms with van der Waals surface area (Å²) in [7, 11) is 0. The molecule has 3 fully saturated rings. The van der Waals surface area contributed by atoms with Gasteiger partial charge >= 0.3 is 5.97 Å². The molecule has 0 spiro atoms. The van der Waals surface area contributed by atoms with Crippen LogP contribution in [-0.4, -0.2) is 11.6 Å². The van der Waals surface area contributed by atoms with Gasteiger partial charge in [-0.1, -0.05) is 54.9 Å². The van der Waals surface area contributed by atoms with Gasteiger partial charge in [-0.25, -0.2) is 0 Å². The monoisotopic (exact) mass is 390 g/mol. The van der Waals surface area contributed by atoms with Crippen molar-refractivity contribution in [2.45, 2.75) is 106 Å². The van der Waals surface area contributed by atoms with Gasteiger partial charge < -0.3 is 4.74 Å². The van der Waals surface area contributed by atoms with Crippen LogP contribution in [0.25, 0.3) is 0 Å². The van der Waals surface area contributed by atoms with Crippen molar-refractivity contribution in [3.63, 3.8) is 0 Å². The van der Waals surface area contributed by atoms with Gasteiger partial charge in [0.05, 0.1) is 0 Å². The lowest BCUT2D eigenvalue weighted by Gasteiger charge is -2.49. The van der Waals surface area contributed by atoms with E-state index in [0.717, 1.165) is 30.1 Å². The zero-order chi connectivity index (χ0) is 21.1.